The van der Waals surface area contributed by atoms with Crippen molar-refractivity contribution in [1.29, 1.82) is 0 Å². The fourth-order valence-electron chi connectivity index (χ4n) is 4.97. The number of hydrogen-bond acceptors (Lipinski definition) is 6. The lowest BCUT2D eigenvalue weighted by Gasteiger charge is -2.23. The number of fused-ring (bicyclic) bond motifs is 4. The number of rotatable bonds is 4. The van der Waals surface area contributed by atoms with Gasteiger partial charge in [0.1, 0.15) is 17.2 Å². The van der Waals surface area contributed by atoms with Gasteiger partial charge in [-0.2, -0.15) is 0 Å². The van der Waals surface area contributed by atoms with Gasteiger partial charge < -0.3 is 9.47 Å². The van der Waals surface area contributed by atoms with Crippen LogP contribution in [0.15, 0.2) is 89.9 Å². The Morgan fingerprint density at radius 3 is 1.81 bits per heavy atom. The fourth-order valence-corrected chi connectivity index (χ4v) is 4.97. The van der Waals surface area contributed by atoms with Crippen LogP contribution in [-0.4, -0.2) is 35.9 Å². The van der Waals surface area contributed by atoms with Crippen LogP contribution in [0.5, 0.6) is 11.5 Å². The molecule has 0 fully saturated rings. The minimum atomic E-state index is -0.237. The Morgan fingerprint density at radius 2 is 1.22 bits per heavy atom. The molecule has 0 bridgehead atoms. The van der Waals surface area contributed by atoms with Gasteiger partial charge in [0.2, 0.25) is 0 Å². The third kappa shape index (κ3) is 3.14. The largest absolute Gasteiger partial charge is 0.497 e. The number of aliphatic imine (C=N–C) groups is 1. The van der Waals surface area contributed by atoms with E-state index in [1.807, 2.05) is 84.9 Å². The minimum absolute atomic E-state index is 0.237. The predicted molar refractivity (Wildman–Crippen MR) is 143 cm³/mol. The molecule has 2 aliphatic rings. The van der Waals surface area contributed by atoms with Gasteiger partial charge in [-0.3, -0.25) is 9.69 Å². The molecule has 0 aliphatic carbocycles. The number of ether oxygens (including phenoxy) is 2. The highest BCUT2D eigenvalue weighted by molar-refractivity contribution is 6.39. The van der Waals surface area contributed by atoms with Gasteiger partial charge in [-0.25, -0.2) is 15.0 Å². The maximum absolute atomic E-state index is 13.8. The molecule has 178 valence electrons. The van der Waals surface area contributed by atoms with Crippen LogP contribution >= 0.6 is 0 Å². The second-order valence-corrected chi connectivity index (χ2v) is 8.80. The second kappa shape index (κ2) is 7.99. The van der Waals surface area contributed by atoms with Crippen LogP contribution in [0.4, 0.5) is 11.4 Å². The first-order chi connectivity index (χ1) is 18.2. The van der Waals surface area contributed by atoms with Crippen LogP contribution in [0, 0.1) is 0 Å². The summed E-state index contributed by atoms with van der Waals surface area (Å²) in [5, 5.41) is 1.97. The molecule has 3 heterocycles. The molecule has 1 amide bonds. The maximum Gasteiger partial charge on any atom is 0.285 e. The summed E-state index contributed by atoms with van der Waals surface area (Å²) in [7, 11) is 3.26. The zero-order chi connectivity index (χ0) is 25.1. The van der Waals surface area contributed by atoms with Gasteiger partial charge in [0, 0.05) is 16.5 Å². The predicted octanol–water partition coefficient (Wildman–Crippen LogP) is 6.03. The van der Waals surface area contributed by atoms with Crippen LogP contribution in [-0.2, 0) is 0 Å². The van der Waals surface area contributed by atoms with Crippen LogP contribution in [0.2, 0.25) is 0 Å². The van der Waals surface area contributed by atoms with Crippen LogP contribution in [0.3, 0.4) is 0 Å². The van der Waals surface area contributed by atoms with Crippen molar-refractivity contribution in [2.24, 2.45) is 4.99 Å². The van der Waals surface area contributed by atoms with Crippen molar-refractivity contribution in [1.82, 2.24) is 9.97 Å². The third-order valence-electron chi connectivity index (χ3n) is 6.78. The molecule has 7 rings (SSSR count). The first-order valence-electron chi connectivity index (χ1n) is 11.8. The van der Waals surface area contributed by atoms with Crippen molar-refractivity contribution < 1.29 is 14.3 Å². The quantitative estimate of drug-likeness (QED) is 0.311. The van der Waals surface area contributed by atoms with Crippen molar-refractivity contribution in [3.8, 4) is 34.0 Å². The van der Waals surface area contributed by atoms with E-state index in [9.17, 15) is 4.79 Å². The summed E-state index contributed by atoms with van der Waals surface area (Å²) in [5.41, 5.74) is 5.30. The molecule has 5 aromatic rings. The molecule has 2 aliphatic heterocycles. The zero-order valence-corrected chi connectivity index (χ0v) is 20.1. The van der Waals surface area contributed by atoms with E-state index in [4.69, 9.17) is 24.4 Å². The average molecular weight is 485 g/mol. The zero-order valence-electron chi connectivity index (χ0n) is 20.1. The molecule has 0 N–H and O–H groups in total. The number of benzene rings is 4. The number of nitrogens with zero attached hydrogens (tertiary/aromatic N) is 4. The molecular formula is C30H20N4O3. The molecule has 37 heavy (non-hydrogen) atoms. The van der Waals surface area contributed by atoms with E-state index in [-0.39, 0.29) is 11.6 Å². The fraction of sp³-hybridized carbons (Fsp3) is 0.0667. The summed E-state index contributed by atoms with van der Waals surface area (Å²) in [4.78, 5) is 30.3. The Bertz CT molecular complexity index is 1750. The number of aromatic nitrogens is 2. The van der Waals surface area contributed by atoms with E-state index in [1.165, 1.54) is 0 Å². The molecule has 0 spiro atoms. The van der Waals surface area contributed by atoms with Crippen molar-refractivity contribution in [2.75, 3.05) is 19.1 Å². The number of methoxy groups -OCH3 is 2. The van der Waals surface area contributed by atoms with E-state index in [2.05, 4.69) is 0 Å². The van der Waals surface area contributed by atoms with E-state index in [0.717, 1.165) is 44.8 Å². The Labute approximate surface area is 212 Å². The lowest BCUT2D eigenvalue weighted by Crippen LogP contribution is -2.31. The molecular weight excluding hydrogens is 464 g/mol. The summed E-state index contributed by atoms with van der Waals surface area (Å²) >= 11 is 0. The van der Waals surface area contributed by atoms with Gasteiger partial charge in [0.15, 0.2) is 11.5 Å². The van der Waals surface area contributed by atoms with E-state index >= 15 is 0 Å². The smallest absolute Gasteiger partial charge is 0.285 e. The SMILES string of the molecule is COc1ccc(-c2nc3c(nc2-c2ccc(OC)cc2)C2=Nc4cccc5cccc(c45)N2C3=O)cc1. The van der Waals surface area contributed by atoms with Gasteiger partial charge in [-0.15, -0.1) is 0 Å². The first kappa shape index (κ1) is 21.3. The van der Waals surface area contributed by atoms with Gasteiger partial charge in [-0.1, -0.05) is 24.3 Å². The average Bonchev–Trinajstić information content (AvgIpc) is 3.23. The lowest BCUT2D eigenvalue weighted by atomic mass is 10.0. The van der Waals surface area contributed by atoms with Crippen molar-refractivity contribution in [2.45, 2.75) is 0 Å². The number of carbonyl (C=O) groups is 1. The molecule has 7 heteroatoms. The Kier molecular flexibility index (Phi) is 4.59. The molecule has 4 aromatic carbocycles. The summed E-state index contributed by atoms with van der Waals surface area (Å²) in [5.74, 6) is 1.73. The molecule has 0 saturated heterocycles. The molecule has 1 aromatic heterocycles. The van der Waals surface area contributed by atoms with E-state index < -0.39 is 0 Å². The number of amides is 1. The van der Waals surface area contributed by atoms with Crippen molar-refractivity contribution in [3.05, 3.63) is 96.3 Å². The molecule has 7 nitrogen and oxygen atoms in total. The Morgan fingerprint density at radius 1 is 0.649 bits per heavy atom. The molecule has 0 saturated carbocycles. The number of carbonyl (C=O) groups excluding carboxylic acids is 1. The first-order valence-corrected chi connectivity index (χ1v) is 11.8. The highest BCUT2D eigenvalue weighted by atomic mass is 16.5. The number of hydrogen-bond donors (Lipinski definition) is 0. The molecule has 0 atom stereocenters. The highest BCUT2D eigenvalue weighted by Crippen LogP contribution is 2.43. The van der Waals surface area contributed by atoms with Gasteiger partial charge in [-0.05, 0) is 66.0 Å². The summed E-state index contributed by atoms with van der Waals surface area (Å²) in [6, 6.07) is 27.1. The number of amidine groups is 1. The summed E-state index contributed by atoms with van der Waals surface area (Å²) < 4.78 is 10.7. The molecule has 0 radical (unpaired) electrons. The summed E-state index contributed by atoms with van der Waals surface area (Å²) in [6.07, 6.45) is 0. The van der Waals surface area contributed by atoms with Gasteiger partial charge in [0.25, 0.3) is 5.91 Å². The van der Waals surface area contributed by atoms with Gasteiger partial charge in [0.05, 0.1) is 37.0 Å². The van der Waals surface area contributed by atoms with Crippen LogP contribution in [0.25, 0.3) is 33.3 Å². The van der Waals surface area contributed by atoms with Crippen molar-refractivity contribution in [3.63, 3.8) is 0 Å². The van der Waals surface area contributed by atoms with E-state index in [0.29, 0.717) is 22.9 Å². The normalized spacial score (nSPS) is 13.3. The minimum Gasteiger partial charge on any atom is -0.497 e. The van der Waals surface area contributed by atoms with E-state index in [1.54, 1.807) is 19.1 Å². The van der Waals surface area contributed by atoms with Gasteiger partial charge >= 0.3 is 0 Å². The standard InChI is InChI=1S/C30H20N4O3/c1-36-20-13-9-18(10-14-20)25-26(19-11-15-21(37-2)16-12-19)33-28-27(32-25)29-31-22-7-3-5-17-6-4-8-23(24(17)22)34(29)30(28)35/h3-16H,1-2H3. The highest BCUT2D eigenvalue weighted by Gasteiger charge is 2.41. The lowest BCUT2D eigenvalue weighted by molar-refractivity contribution is 0.100. The molecule has 0 unspecified atom stereocenters. The van der Waals surface area contributed by atoms with Crippen LogP contribution < -0.4 is 14.4 Å². The Hall–Kier alpha value is -5.04. The number of anilines is 1. The van der Waals surface area contributed by atoms with Crippen molar-refractivity contribution >= 4 is 33.9 Å². The topological polar surface area (TPSA) is 76.9 Å². The summed E-state index contributed by atoms with van der Waals surface area (Å²) in [6.45, 7) is 0. The van der Waals surface area contributed by atoms with Crippen LogP contribution in [0.1, 0.15) is 16.2 Å². The maximum atomic E-state index is 13.8. The third-order valence-corrected chi connectivity index (χ3v) is 6.78. The monoisotopic (exact) mass is 484 g/mol. The second-order valence-electron chi connectivity index (χ2n) is 8.80. The Balaban J connectivity index is 1.47.